The first-order valence-corrected chi connectivity index (χ1v) is 7.60. The van der Waals surface area contributed by atoms with E-state index < -0.39 is 24.3 Å². The molecule has 1 unspecified atom stereocenters. The zero-order chi connectivity index (χ0) is 18.9. The maximum atomic E-state index is 12.4. The van der Waals surface area contributed by atoms with Gasteiger partial charge in [0.15, 0.2) is 6.10 Å². The lowest BCUT2D eigenvalue weighted by atomic mass is 10.1. The summed E-state index contributed by atoms with van der Waals surface area (Å²) in [6.45, 7) is 3.64. The fraction of sp³-hybridized carbons (Fsp3) is 0.412. The second-order valence-electron chi connectivity index (χ2n) is 4.84. The number of amides is 1. The number of hydrogen-bond acceptors (Lipinski definition) is 4. The molecule has 1 amide bonds. The lowest BCUT2D eigenvalue weighted by Gasteiger charge is -2.11. The zero-order valence-electron chi connectivity index (χ0n) is 13.8. The summed E-state index contributed by atoms with van der Waals surface area (Å²) in [4.78, 5) is 22.4. The molecule has 8 heteroatoms. The maximum Gasteiger partial charge on any atom is 0.509 e. The molecular weight excluding hydrogens is 339 g/mol. The van der Waals surface area contributed by atoms with Gasteiger partial charge in [0.05, 0.1) is 12.3 Å². The monoisotopic (exact) mass is 357 g/mol. The molecule has 136 valence electrons. The summed E-state index contributed by atoms with van der Waals surface area (Å²) < 4.78 is 46.8. The molecule has 0 bridgehead atoms. The first-order valence-electron chi connectivity index (χ1n) is 7.60. The van der Waals surface area contributed by atoms with Crippen molar-refractivity contribution in [1.82, 2.24) is 0 Å². The van der Waals surface area contributed by atoms with Crippen molar-refractivity contribution in [2.45, 2.75) is 39.0 Å². The number of carbonyl (C=O) groups excluding carboxylic acids is 2. The van der Waals surface area contributed by atoms with E-state index in [1.807, 2.05) is 6.92 Å². The number of para-hydroxylation sites is 1. The third kappa shape index (κ3) is 7.16. The largest absolute Gasteiger partial charge is 0.509 e. The molecule has 5 nitrogen and oxygen atoms in total. The van der Waals surface area contributed by atoms with Gasteiger partial charge in [0, 0.05) is 5.56 Å². The Morgan fingerprint density at radius 3 is 2.52 bits per heavy atom. The summed E-state index contributed by atoms with van der Waals surface area (Å²) in [6, 6.07) is 5.78. The van der Waals surface area contributed by atoms with Gasteiger partial charge in [-0.05, 0) is 25.5 Å². The number of carbonyl (C=O) groups is 2. The normalized spacial score (nSPS) is 11.7. The van der Waals surface area contributed by atoms with E-state index >= 15 is 0 Å². The highest BCUT2D eigenvalue weighted by molar-refractivity contribution is 5.96. The van der Waals surface area contributed by atoms with Gasteiger partial charge in [0.1, 0.15) is 0 Å². The highest BCUT2D eigenvalue weighted by Crippen LogP contribution is 2.20. The van der Waals surface area contributed by atoms with Gasteiger partial charge in [-0.3, -0.25) is 4.79 Å². The van der Waals surface area contributed by atoms with E-state index in [0.29, 0.717) is 12.8 Å². The van der Waals surface area contributed by atoms with E-state index in [2.05, 4.69) is 16.6 Å². The zero-order valence-corrected chi connectivity index (χ0v) is 13.8. The van der Waals surface area contributed by atoms with Crippen molar-refractivity contribution in [3.8, 4) is 11.8 Å². The number of rotatable bonds is 5. The van der Waals surface area contributed by atoms with Crippen molar-refractivity contribution in [2.75, 3.05) is 11.9 Å². The quantitative estimate of drug-likeness (QED) is 0.642. The van der Waals surface area contributed by atoms with Crippen molar-refractivity contribution in [3.05, 3.63) is 29.8 Å². The molecule has 0 aromatic heterocycles. The maximum absolute atomic E-state index is 12.4. The van der Waals surface area contributed by atoms with Gasteiger partial charge in [-0.1, -0.05) is 37.3 Å². The van der Waals surface area contributed by atoms with Gasteiger partial charge in [0.2, 0.25) is 0 Å². The summed E-state index contributed by atoms with van der Waals surface area (Å²) in [5.74, 6) is 3.22. The average molecular weight is 357 g/mol. The van der Waals surface area contributed by atoms with E-state index in [1.54, 1.807) is 18.3 Å². The molecule has 1 aromatic carbocycles. The van der Waals surface area contributed by atoms with E-state index in [0.717, 1.165) is 0 Å². The Morgan fingerprint density at radius 1 is 1.24 bits per heavy atom. The van der Waals surface area contributed by atoms with Crippen LogP contribution in [0, 0.1) is 11.8 Å². The number of alkyl halides is 3. The molecule has 1 rings (SSSR count). The summed E-state index contributed by atoms with van der Waals surface area (Å²) in [5.41, 5.74) is 0.0948. The van der Waals surface area contributed by atoms with Crippen molar-refractivity contribution in [3.63, 3.8) is 0 Å². The van der Waals surface area contributed by atoms with Crippen LogP contribution < -0.4 is 5.32 Å². The minimum absolute atomic E-state index is 0.0799. The predicted octanol–water partition coefficient (Wildman–Crippen LogP) is 3.88. The Morgan fingerprint density at radius 2 is 1.92 bits per heavy atom. The van der Waals surface area contributed by atoms with E-state index in [4.69, 9.17) is 4.74 Å². The van der Waals surface area contributed by atoms with Crippen LogP contribution in [0.1, 0.15) is 32.3 Å². The van der Waals surface area contributed by atoms with Crippen LogP contribution in [0.15, 0.2) is 24.3 Å². The summed E-state index contributed by atoms with van der Waals surface area (Å²) in [5, 5.41) is 1.77. The standard InChI is InChI=1S/C17H18F3NO4/c1-3-7-13(25-16(23)24-4-2)11-10-12-8-5-6-9-14(12)21-15(22)17(18,19)20/h5-6,8-9,13H,3-4,7H2,1-2H3,(H,21,22). The van der Waals surface area contributed by atoms with Crippen LogP contribution in [0.3, 0.4) is 0 Å². The fourth-order valence-corrected chi connectivity index (χ4v) is 1.74. The molecule has 1 N–H and O–H groups in total. The number of hydrogen-bond donors (Lipinski definition) is 1. The van der Waals surface area contributed by atoms with Gasteiger partial charge < -0.3 is 14.8 Å². The minimum atomic E-state index is -5.00. The molecule has 0 saturated heterocycles. The lowest BCUT2D eigenvalue weighted by molar-refractivity contribution is -0.167. The molecule has 0 saturated carbocycles. The number of halogens is 3. The Bertz CT molecular complexity index is 662. The van der Waals surface area contributed by atoms with Gasteiger partial charge >= 0.3 is 18.2 Å². The van der Waals surface area contributed by atoms with Crippen molar-refractivity contribution in [2.24, 2.45) is 0 Å². The lowest BCUT2D eigenvalue weighted by Crippen LogP contribution is -2.30. The second-order valence-corrected chi connectivity index (χ2v) is 4.84. The topological polar surface area (TPSA) is 64.6 Å². The molecule has 0 aliphatic rings. The molecular formula is C17H18F3NO4. The van der Waals surface area contributed by atoms with Gasteiger partial charge in [-0.2, -0.15) is 13.2 Å². The van der Waals surface area contributed by atoms with E-state index in [9.17, 15) is 22.8 Å². The number of nitrogens with one attached hydrogen (secondary N) is 1. The van der Waals surface area contributed by atoms with Crippen LogP contribution in [-0.2, 0) is 14.3 Å². The Balaban J connectivity index is 2.96. The van der Waals surface area contributed by atoms with Crippen LogP contribution in [0.5, 0.6) is 0 Å². The van der Waals surface area contributed by atoms with Gasteiger partial charge in [0.25, 0.3) is 0 Å². The number of ether oxygens (including phenoxy) is 2. The van der Waals surface area contributed by atoms with Crippen LogP contribution in [0.4, 0.5) is 23.7 Å². The Labute approximate surface area is 143 Å². The van der Waals surface area contributed by atoms with Crippen molar-refractivity contribution >= 4 is 17.7 Å². The number of anilines is 1. The Kier molecular flexibility index (Phi) is 7.79. The fourth-order valence-electron chi connectivity index (χ4n) is 1.74. The predicted molar refractivity (Wildman–Crippen MR) is 84.8 cm³/mol. The molecule has 0 spiro atoms. The summed E-state index contributed by atoms with van der Waals surface area (Å²) in [7, 11) is 0. The van der Waals surface area contributed by atoms with Crippen LogP contribution >= 0.6 is 0 Å². The molecule has 0 radical (unpaired) electrons. The van der Waals surface area contributed by atoms with Crippen molar-refractivity contribution < 1.29 is 32.2 Å². The molecule has 1 aromatic rings. The highest BCUT2D eigenvalue weighted by atomic mass is 19.4. The van der Waals surface area contributed by atoms with Crippen LogP contribution in [0.25, 0.3) is 0 Å². The third-order valence-corrected chi connectivity index (χ3v) is 2.85. The second kappa shape index (κ2) is 9.57. The SMILES string of the molecule is CCCC(C#Cc1ccccc1NC(=O)C(F)(F)F)OC(=O)OCC. The molecule has 0 aliphatic heterocycles. The molecule has 1 atom stereocenters. The first-order chi connectivity index (χ1) is 11.8. The summed E-state index contributed by atoms with van der Waals surface area (Å²) in [6.07, 6.45) is -5.53. The minimum Gasteiger partial charge on any atom is -0.435 e. The van der Waals surface area contributed by atoms with Gasteiger partial charge in [-0.25, -0.2) is 4.79 Å². The first kappa shape index (κ1) is 20.4. The molecule has 25 heavy (non-hydrogen) atoms. The molecule has 0 aliphatic carbocycles. The molecule has 0 heterocycles. The van der Waals surface area contributed by atoms with E-state index in [1.165, 1.54) is 18.2 Å². The van der Waals surface area contributed by atoms with Crippen molar-refractivity contribution in [1.29, 1.82) is 0 Å². The van der Waals surface area contributed by atoms with Crippen LogP contribution in [-0.4, -0.2) is 30.9 Å². The van der Waals surface area contributed by atoms with E-state index in [-0.39, 0.29) is 17.9 Å². The average Bonchev–Trinajstić information content (AvgIpc) is 2.53. The smallest absolute Gasteiger partial charge is 0.435 e. The Hall–Kier alpha value is -2.69. The third-order valence-electron chi connectivity index (χ3n) is 2.85. The number of benzene rings is 1. The van der Waals surface area contributed by atoms with Gasteiger partial charge in [-0.15, -0.1) is 0 Å². The summed E-state index contributed by atoms with van der Waals surface area (Å²) >= 11 is 0. The molecule has 0 fully saturated rings. The highest BCUT2D eigenvalue weighted by Gasteiger charge is 2.38. The van der Waals surface area contributed by atoms with Crippen LogP contribution in [0.2, 0.25) is 0 Å².